The molecule has 0 N–H and O–H groups in total. The Morgan fingerprint density at radius 1 is 1.08 bits per heavy atom. The molecule has 1 saturated heterocycles. The molecule has 1 heterocycles. The Morgan fingerprint density at radius 3 is 2.15 bits per heavy atom. The van der Waals surface area contributed by atoms with Gasteiger partial charge in [-0.05, 0) is 18.3 Å². The summed E-state index contributed by atoms with van der Waals surface area (Å²) in [5.41, 5.74) is 0. The minimum Gasteiger partial charge on any atom is -0.426 e. The quantitative estimate of drug-likeness (QED) is 0.415. The summed E-state index contributed by atoms with van der Waals surface area (Å²) < 4.78 is 10.4. The van der Waals surface area contributed by atoms with Gasteiger partial charge in [-0.25, -0.2) is 4.79 Å². The Morgan fingerprint density at radius 2 is 1.62 bits per heavy atom. The third-order valence-corrected chi connectivity index (χ3v) is 3.98. The number of carbonyl (C=O) groups is 1. The molecule has 0 radical (unpaired) electrons. The molecule has 5 aliphatic rings. The van der Waals surface area contributed by atoms with Gasteiger partial charge in [-0.1, -0.05) is 12.2 Å². The molecule has 3 fully saturated rings. The average molecular weight is 178 g/mol. The lowest BCUT2D eigenvalue weighted by Gasteiger charge is -2.36. The molecule has 5 rings (SSSR count). The van der Waals surface area contributed by atoms with E-state index in [-0.39, 0.29) is 12.2 Å². The van der Waals surface area contributed by atoms with E-state index < -0.39 is 6.16 Å². The Hall–Kier alpha value is -0.990. The van der Waals surface area contributed by atoms with Crippen LogP contribution in [0.5, 0.6) is 0 Å². The summed E-state index contributed by atoms with van der Waals surface area (Å²) >= 11 is 0. The Balaban J connectivity index is 1.81. The summed E-state index contributed by atoms with van der Waals surface area (Å²) in [6.45, 7) is 0. The molecule has 2 bridgehead atoms. The van der Waals surface area contributed by atoms with Gasteiger partial charge in [-0.3, -0.25) is 0 Å². The smallest absolute Gasteiger partial charge is 0.426 e. The second kappa shape index (κ2) is 1.76. The van der Waals surface area contributed by atoms with Crippen molar-refractivity contribution in [1.29, 1.82) is 0 Å². The van der Waals surface area contributed by atoms with Crippen molar-refractivity contribution in [2.45, 2.75) is 18.6 Å². The molecule has 6 unspecified atom stereocenters. The lowest BCUT2D eigenvalue weighted by atomic mass is 9.72. The van der Waals surface area contributed by atoms with Crippen molar-refractivity contribution in [1.82, 2.24) is 0 Å². The van der Waals surface area contributed by atoms with Crippen molar-refractivity contribution in [3.63, 3.8) is 0 Å². The van der Waals surface area contributed by atoms with Crippen molar-refractivity contribution < 1.29 is 14.3 Å². The average Bonchev–Trinajstić information content (AvgIpc) is 2.82. The van der Waals surface area contributed by atoms with Gasteiger partial charge in [0, 0.05) is 11.8 Å². The Bertz CT molecular complexity index is 294. The second-order valence-corrected chi connectivity index (χ2v) is 4.52. The van der Waals surface area contributed by atoms with E-state index in [4.69, 9.17) is 9.47 Å². The highest BCUT2D eigenvalue weighted by Gasteiger charge is 2.64. The summed E-state index contributed by atoms with van der Waals surface area (Å²) in [5, 5.41) is 0. The van der Waals surface area contributed by atoms with Crippen molar-refractivity contribution in [2.75, 3.05) is 0 Å². The van der Waals surface area contributed by atoms with E-state index in [9.17, 15) is 4.79 Å². The summed E-state index contributed by atoms with van der Waals surface area (Å²) in [6, 6.07) is 0. The topological polar surface area (TPSA) is 35.5 Å². The van der Waals surface area contributed by atoms with Crippen LogP contribution in [0.4, 0.5) is 4.79 Å². The molecule has 0 aromatic rings. The molecule has 6 atom stereocenters. The van der Waals surface area contributed by atoms with E-state index in [2.05, 4.69) is 12.2 Å². The fourth-order valence-corrected chi connectivity index (χ4v) is 3.35. The molecule has 1 aliphatic heterocycles. The summed E-state index contributed by atoms with van der Waals surface area (Å²) in [5.74, 6) is 2.47. The molecule has 2 saturated carbocycles. The third-order valence-electron chi connectivity index (χ3n) is 3.98. The highest BCUT2D eigenvalue weighted by atomic mass is 16.8. The first kappa shape index (κ1) is 6.46. The molecular weight excluding hydrogens is 168 g/mol. The zero-order valence-corrected chi connectivity index (χ0v) is 7.05. The first-order valence-corrected chi connectivity index (χ1v) is 4.90. The second-order valence-electron chi connectivity index (χ2n) is 4.52. The van der Waals surface area contributed by atoms with Gasteiger partial charge < -0.3 is 9.47 Å². The molecule has 0 amide bonds. The maximum Gasteiger partial charge on any atom is 0.509 e. The minimum atomic E-state index is -0.463. The largest absolute Gasteiger partial charge is 0.509 e. The first-order valence-electron chi connectivity index (χ1n) is 4.90. The van der Waals surface area contributed by atoms with E-state index in [1.807, 2.05) is 0 Å². The SMILES string of the molecule is O=C1OC2C3C=CC(C4CC34)C2O1. The van der Waals surface area contributed by atoms with Crippen LogP contribution < -0.4 is 0 Å². The van der Waals surface area contributed by atoms with Gasteiger partial charge in [0.15, 0.2) is 0 Å². The monoisotopic (exact) mass is 178 g/mol. The molecule has 0 aromatic heterocycles. The number of hydrogen-bond donors (Lipinski definition) is 0. The van der Waals surface area contributed by atoms with Crippen molar-refractivity contribution >= 4 is 6.16 Å². The molecule has 0 spiro atoms. The molecule has 3 nitrogen and oxygen atoms in total. The van der Waals surface area contributed by atoms with E-state index in [0.29, 0.717) is 11.8 Å². The van der Waals surface area contributed by atoms with Crippen molar-refractivity contribution in [3.8, 4) is 0 Å². The molecular formula is C10H10O3. The number of ether oxygens (including phenoxy) is 2. The molecule has 3 heteroatoms. The summed E-state index contributed by atoms with van der Waals surface area (Å²) in [4.78, 5) is 11.0. The fourth-order valence-electron chi connectivity index (χ4n) is 3.35. The van der Waals surface area contributed by atoms with Crippen LogP contribution in [0.2, 0.25) is 0 Å². The zero-order chi connectivity index (χ0) is 8.58. The molecule has 4 aliphatic carbocycles. The maximum atomic E-state index is 11.0. The van der Waals surface area contributed by atoms with Crippen LogP contribution in [0.1, 0.15) is 6.42 Å². The highest BCUT2D eigenvalue weighted by Crippen LogP contribution is 2.61. The van der Waals surface area contributed by atoms with Gasteiger partial charge in [0.05, 0.1) is 0 Å². The lowest BCUT2D eigenvalue weighted by Crippen LogP contribution is -2.44. The van der Waals surface area contributed by atoms with E-state index in [0.717, 1.165) is 11.8 Å². The highest BCUT2D eigenvalue weighted by molar-refractivity contribution is 5.63. The predicted molar refractivity (Wildman–Crippen MR) is 42.9 cm³/mol. The maximum absolute atomic E-state index is 11.0. The number of hydrogen-bond acceptors (Lipinski definition) is 3. The minimum absolute atomic E-state index is 0.0336. The van der Waals surface area contributed by atoms with Crippen molar-refractivity contribution in [2.24, 2.45) is 23.7 Å². The number of rotatable bonds is 0. The van der Waals surface area contributed by atoms with Crippen LogP contribution >= 0.6 is 0 Å². The lowest BCUT2D eigenvalue weighted by molar-refractivity contribution is 0.0316. The van der Waals surface area contributed by atoms with Gasteiger partial charge in [-0.15, -0.1) is 0 Å². The van der Waals surface area contributed by atoms with Crippen LogP contribution in [0.15, 0.2) is 12.2 Å². The summed E-state index contributed by atoms with van der Waals surface area (Å²) in [6.07, 6.45) is 5.35. The molecule has 13 heavy (non-hydrogen) atoms. The van der Waals surface area contributed by atoms with Crippen molar-refractivity contribution in [3.05, 3.63) is 12.2 Å². The van der Waals surface area contributed by atoms with Gasteiger partial charge in [-0.2, -0.15) is 0 Å². The first-order chi connectivity index (χ1) is 6.34. The van der Waals surface area contributed by atoms with Crippen LogP contribution in [0, 0.1) is 23.7 Å². The van der Waals surface area contributed by atoms with Gasteiger partial charge >= 0.3 is 6.16 Å². The summed E-state index contributed by atoms with van der Waals surface area (Å²) in [7, 11) is 0. The predicted octanol–water partition coefficient (Wildman–Crippen LogP) is 1.34. The molecule has 68 valence electrons. The van der Waals surface area contributed by atoms with Gasteiger partial charge in [0.2, 0.25) is 0 Å². The van der Waals surface area contributed by atoms with E-state index in [1.165, 1.54) is 6.42 Å². The third kappa shape index (κ3) is 0.619. The van der Waals surface area contributed by atoms with Crippen LogP contribution in [0.3, 0.4) is 0 Å². The Kier molecular flexibility index (Phi) is 0.877. The van der Waals surface area contributed by atoms with Crippen LogP contribution in [0.25, 0.3) is 0 Å². The fraction of sp³-hybridized carbons (Fsp3) is 0.700. The zero-order valence-electron chi connectivity index (χ0n) is 7.05. The standard InChI is InChI=1S/C10H10O3/c11-10-12-8-4-1-2-5(9(8)13-10)7-3-6(4)7/h1-2,4-9H,3H2. The van der Waals surface area contributed by atoms with E-state index >= 15 is 0 Å². The van der Waals surface area contributed by atoms with Gasteiger partial charge in [0.1, 0.15) is 12.2 Å². The Labute approximate surface area is 75.7 Å². The van der Waals surface area contributed by atoms with Crippen LogP contribution in [-0.4, -0.2) is 18.4 Å². The number of carbonyl (C=O) groups excluding carboxylic acids is 1. The normalized spacial score (nSPS) is 59.5. The van der Waals surface area contributed by atoms with E-state index in [1.54, 1.807) is 0 Å². The van der Waals surface area contributed by atoms with Crippen LogP contribution in [-0.2, 0) is 9.47 Å². The molecule has 0 aromatic carbocycles. The van der Waals surface area contributed by atoms with Gasteiger partial charge in [0.25, 0.3) is 0 Å².